The van der Waals surface area contributed by atoms with Gasteiger partial charge >= 0.3 is 0 Å². The third kappa shape index (κ3) is 5.66. The molecule has 12 aromatic rings. The van der Waals surface area contributed by atoms with Gasteiger partial charge in [0.15, 0.2) is 11.5 Å². The predicted molar refractivity (Wildman–Crippen MR) is 252 cm³/mol. The topological polar surface area (TPSA) is 48.0 Å². The molecule has 0 spiro atoms. The quantitative estimate of drug-likeness (QED) is 0.129. The van der Waals surface area contributed by atoms with Gasteiger partial charge in [-0.1, -0.05) is 133 Å². The Hall–Kier alpha value is -8.46. The smallest absolute Gasteiger partial charge is 0.188 e. The molecule has 0 aliphatic carbocycles. The highest BCUT2D eigenvalue weighted by molar-refractivity contribution is 6.22. The van der Waals surface area contributed by atoms with Crippen molar-refractivity contribution in [2.75, 3.05) is 0 Å². The highest BCUT2D eigenvalue weighted by atomic mass is 15.0. The van der Waals surface area contributed by atoms with E-state index >= 15 is 0 Å². The van der Waals surface area contributed by atoms with E-state index in [4.69, 9.17) is 16.5 Å². The fourth-order valence-corrected chi connectivity index (χ4v) is 9.23. The van der Waals surface area contributed by atoms with Gasteiger partial charge in [-0.15, -0.1) is 0 Å². The zero-order valence-corrected chi connectivity index (χ0v) is 32.8. The van der Waals surface area contributed by atoms with Gasteiger partial charge in [0.25, 0.3) is 0 Å². The first-order valence-electron chi connectivity index (χ1n) is 20.4. The minimum Gasteiger partial charge on any atom is -0.308 e. The van der Waals surface area contributed by atoms with Gasteiger partial charge in [0.05, 0.1) is 40.9 Å². The molecule has 0 saturated carbocycles. The lowest BCUT2D eigenvalue weighted by Gasteiger charge is -2.18. The average Bonchev–Trinajstić information content (AvgIpc) is 3.65. The van der Waals surface area contributed by atoms with E-state index in [0.717, 1.165) is 88.2 Å². The van der Waals surface area contributed by atoms with Gasteiger partial charge in [-0.05, 0) is 114 Å². The second-order valence-corrected chi connectivity index (χ2v) is 15.5. The van der Waals surface area contributed by atoms with Crippen molar-refractivity contribution in [3.8, 4) is 50.7 Å². The molecule has 5 heteroatoms. The Morgan fingerprint density at radius 3 is 1.51 bits per heavy atom. The third-order valence-electron chi connectivity index (χ3n) is 12.0. The predicted octanol–water partition coefficient (Wildman–Crippen LogP) is 14.8. The number of hydrogen-bond donors (Lipinski definition) is 0. The van der Waals surface area contributed by atoms with Crippen LogP contribution < -0.4 is 0 Å². The molecule has 12 rings (SSSR count). The Labute approximate surface area is 351 Å². The summed E-state index contributed by atoms with van der Waals surface area (Å²) in [6, 6.07) is 66.2. The van der Waals surface area contributed by atoms with E-state index in [9.17, 15) is 0 Å². The van der Waals surface area contributed by atoms with Crippen LogP contribution in [0.25, 0.3) is 120 Å². The molecule has 0 aliphatic rings. The largest absolute Gasteiger partial charge is 0.308 e. The minimum atomic E-state index is 0.609. The van der Waals surface area contributed by atoms with E-state index in [1.165, 1.54) is 21.5 Å². The lowest BCUT2D eigenvalue weighted by molar-refractivity contribution is 1.14. The summed E-state index contributed by atoms with van der Waals surface area (Å²) in [5.74, 6) is 0.675. The van der Waals surface area contributed by atoms with Crippen molar-refractivity contribution >= 4 is 70.6 Å². The van der Waals surface area contributed by atoms with Gasteiger partial charge in [0.1, 0.15) is 0 Å². The Morgan fingerprint density at radius 1 is 0.410 bits per heavy atom. The molecule has 61 heavy (non-hydrogen) atoms. The first-order chi connectivity index (χ1) is 30.2. The van der Waals surface area contributed by atoms with Crippen LogP contribution in [-0.2, 0) is 0 Å². The van der Waals surface area contributed by atoms with Gasteiger partial charge in [-0.25, -0.2) is 14.8 Å². The van der Waals surface area contributed by atoms with Crippen LogP contribution in [-0.4, -0.2) is 19.5 Å². The summed E-state index contributed by atoms with van der Waals surface area (Å²) < 4.78 is 2.24. The van der Waals surface area contributed by atoms with Crippen LogP contribution in [0.2, 0.25) is 0 Å². The lowest BCUT2D eigenvalue weighted by Crippen LogP contribution is -1.99. The molecular formula is C56H33N5. The summed E-state index contributed by atoms with van der Waals surface area (Å²) >= 11 is 0. The van der Waals surface area contributed by atoms with Crippen LogP contribution in [0.3, 0.4) is 0 Å². The monoisotopic (exact) mass is 775 g/mol. The summed E-state index contributed by atoms with van der Waals surface area (Å²) in [6.45, 7) is 7.83. The van der Waals surface area contributed by atoms with Crippen LogP contribution >= 0.6 is 0 Å². The number of hydrogen-bond acceptors (Lipinski definition) is 3. The summed E-state index contributed by atoms with van der Waals surface area (Å²) in [5.41, 5.74) is 10.7. The maximum atomic E-state index is 7.83. The fraction of sp³-hybridized carbons (Fsp3) is 0. The molecule has 0 amide bonds. The summed E-state index contributed by atoms with van der Waals surface area (Å²) in [5, 5.41) is 11.2. The molecule has 5 nitrogen and oxygen atoms in total. The molecule has 0 radical (unpaired) electrons. The Balaban J connectivity index is 1.12. The number of aromatic nitrogens is 4. The number of nitrogens with zero attached hydrogens (tertiary/aromatic N) is 5. The van der Waals surface area contributed by atoms with Crippen LogP contribution in [0, 0.1) is 6.57 Å². The molecule has 9 aromatic carbocycles. The molecule has 3 aromatic heterocycles. The van der Waals surface area contributed by atoms with Crippen LogP contribution in [0.1, 0.15) is 0 Å². The van der Waals surface area contributed by atoms with Gasteiger partial charge < -0.3 is 4.57 Å². The molecule has 0 fully saturated rings. The maximum Gasteiger partial charge on any atom is 0.188 e. The van der Waals surface area contributed by atoms with Crippen LogP contribution in [0.5, 0.6) is 0 Å². The number of pyridine rings is 1. The van der Waals surface area contributed by atoms with Crippen molar-refractivity contribution in [1.82, 2.24) is 19.5 Å². The lowest BCUT2D eigenvalue weighted by atomic mass is 9.87. The van der Waals surface area contributed by atoms with E-state index in [1.54, 1.807) is 6.20 Å². The summed E-state index contributed by atoms with van der Waals surface area (Å²) in [4.78, 5) is 19.2. The summed E-state index contributed by atoms with van der Waals surface area (Å²) in [6.07, 6.45) is 3.68. The second kappa shape index (κ2) is 13.8. The molecule has 0 aliphatic heterocycles. The number of fused-ring (bicyclic) bond motifs is 7. The highest BCUT2D eigenvalue weighted by Crippen LogP contribution is 2.45. The normalized spacial score (nSPS) is 11.6. The molecule has 0 bridgehead atoms. The van der Waals surface area contributed by atoms with E-state index < -0.39 is 0 Å². The molecule has 3 heterocycles. The molecule has 0 atom stereocenters. The third-order valence-corrected chi connectivity index (χ3v) is 12.0. The molecule has 0 N–H and O–H groups in total. The van der Waals surface area contributed by atoms with Crippen molar-refractivity contribution in [3.05, 3.63) is 212 Å². The van der Waals surface area contributed by atoms with Crippen LogP contribution in [0.15, 0.2) is 200 Å². The van der Waals surface area contributed by atoms with Crippen molar-refractivity contribution < 1.29 is 0 Å². The first kappa shape index (κ1) is 34.6. The fourth-order valence-electron chi connectivity index (χ4n) is 9.23. The van der Waals surface area contributed by atoms with Crippen molar-refractivity contribution in [2.45, 2.75) is 0 Å². The number of benzene rings is 9. The minimum absolute atomic E-state index is 0.609. The van der Waals surface area contributed by atoms with Crippen molar-refractivity contribution in [3.63, 3.8) is 0 Å². The molecule has 0 saturated heterocycles. The zero-order valence-electron chi connectivity index (χ0n) is 32.8. The first-order valence-corrected chi connectivity index (χ1v) is 20.4. The Morgan fingerprint density at radius 2 is 0.934 bits per heavy atom. The summed E-state index contributed by atoms with van der Waals surface area (Å²) in [7, 11) is 0. The van der Waals surface area contributed by atoms with Gasteiger partial charge in [-0.2, -0.15) is 0 Å². The maximum absolute atomic E-state index is 7.83. The van der Waals surface area contributed by atoms with E-state index in [0.29, 0.717) is 11.5 Å². The van der Waals surface area contributed by atoms with Crippen LogP contribution in [0.4, 0.5) is 5.69 Å². The van der Waals surface area contributed by atoms with E-state index in [2.05, 4.69) is 178 Å². The van der Waals surface area contributed by atoms with Gasteiger partial charge in [-0.3, -0.25) is 4.98 Å². The molecule has 282 valence electrons. The SMILES string of the molecule is [C-]#[N+]c1ccc2c(c1)c1cc(-c3c4ccccc4c(-c4nc(-c5ccc6ccccc6c5)cc(-c5ccc6ccccc6c5)n4)c4ccccc34)ccc1n2-c1cccnc1. The van der Waals surface area contributed by atoms with E-state index in [1.807, 2.05) is 30.5 Å². The van der Waals surface area contributed by atoms with Crippen molar-refractivity contribution in [2.24, 2.45) is 0 Å². The van der Waals surface area contributed by atoms with E-state index in [-0.39, 0.29) is 0 Å². The Kier molecular flexibility index (Phi) is 7.84. The highest BCUT2D eigenvalue weighted by Gasteiger charge is 2.22. The van der Waals surface area contributed by atoms with Gasteiger partial charge in [0, 0.05) is 28.3 Å². The molecular weight excluding hydrogens is 743 g/mol. The second-order valence-electron chi connectivity index (χ2n) is 15.5. The Bertz CT molecular complexity index is 3630. The zero-order chi connectivity index (χ0) is 40.4. The van der Waals surface area contributed by atoms with Gasteiger partial charge in [0.2, 0.25) is 0 Å². The molecule has 0 unspecified atom stereocenters. The standard InChI is InChI=1S/C56H33N5/c1-57-42-25-27-53-49(32-42)48-31-41(24-26-52(48)61(53)43-15-10-28-58-34-43)54-44-16-6-8-18-46(44)55(47-19-9-7-17-45(47)54)56-59-50(39-22-20-35-11-2-4-13-37(35)29-39)33-51(60-56)40-23-21-36-12-3-5-14-38(36)30-40/h2-34H. The van der Waals surface area contributed by atoms with Crippen molar-refractivity contribution in [1.29, 1.82) is 0 Å². The average molecular weight is 776 g/mol. The number of rotatable bonds is 5.